The maximum atomic E-state index is 10.3. The second-order valence-electron chi connectivity index (χ2n) is 2.18. The average Bonchev–Trinajstić information content (AvgIpc) is 2.04. The van der Waals surface area contributed by atoms with Crippen molar-refractivity contribution in [1.82, 2.24) is 0 Å². The molecule has 1 unspecified atom stereocenters. The molecule has 2 nitrogen and oxygen atoms in total. The summed E-state index contributed by atoms with van der Waals surface area (Å²) in [4.78, 5) is 10.9. The molecule has 0 radical (unpaired) electrons. The lowest BCUT2D eigenvalue weighted by Crippen LogP contribution is -2.19. The van der Waals surface area contributed by atoms with E-state index < -0.39 is 0 Å². The molecule has 0 aromatic carbocycles. The molecule has 0 heterocycles. The molecule has 0 bridgehead atoms. The predicted molar refractivity (Wildman–Crippen MR) is 46.7 cm³/mol. The van der Waals surface area contributed by atoms with Gasteiger partial charge in [0.2, 0.25) is 0 Å². The molecule has 0 saturated carbocycles. The summed E-state index contributed by atoms with van der Waals surface area (Å²) >= 11 is 4.96. The highest BCUT2D eigenvalue weighted by Crippen LogP contribution is 2.09. The van der Waals surface area contributed by atoms with Gasteiger partial charge in [-0.1, -0.05) is 18.3 Å². The first-order valence-corrected chi connectivity index (χ1v) is 3.60. The zero-order valence-corrected chi connectivity index (χ0v) is 6.93. The topological polar surface area (TPSA) is 26.3 Å². The van der Waals surface area contributed by atoms with Crippen LogP contribution in [0.2, 0.25) is 0 Å². The largest absolute Gasteiger partial charge is 0.372 e. The third-order valence-electron chi connectivity index (χ3n) is 1.44. The molecule has 3 heteroatoms. The van der Waals surface area contributed by atoms with Crippen LogP contribution in [0.25, 0.3) is 0 Å². The Balaban J connectivity index is 2.79. The van der Waals surface area contributed by atoms with Gasteiger partial charge in [0.15, 0.2) is 0 Å². The lowest BCUT2D eigenvalue weighted by atomic mass is 10.1. The normalized spacial score (nSPS) is 23.2. The van der Waals surface area contributed by atoms with Crippen molar-refractivity contribution in [3.8, 4) is 0 Å². The van der Waals surface area contributed by atoms with E-state index in [-0.39, 0.29) is 6.10 Å². The predicted octanol–water partition coefficient (Wildman–Crippen LogP) is 1.07. The van der Waals surface area contributed by atoms with E-state index in [0.717, 1.165) is 6.29 Å². The molecule has 0 aromatic rings. The van der Waals surface area contributed by atoms with Gasteiger partial charge >= 0.3 is 0 Å². The zero-order chi connectivity index (χ0) is 8.27. The van der Waals surface area contributed by atoms with Crippen molar-refractivity contribution in [2.45, 2.75) is 6.10 Å². The van der Waals surface area contributed by atoms with Crippen molar-refractivity contribution in [2.75, 3.05) is 7.11 Å². The molecule has 0 amide bonds. The van der Waals surface area contributed by atoms with E-state index in [1.165, 1.54) is 0 Å². The van der Waals surface area contributed by atoms with Crippen LogP contribution in [0.4, 0.5) is 0 Å². The number of aldehydes is 1. The van der Waals surface area contributed by atoms with E-state index in [4.69, 9.17) is 17.0 Å². The van der Waals surface area contributed by atoms with Crippen LogP contribution in [0.5, 0.6) is 0 Å². The number of thiocarbonyl (C=S) groups is 1. The van der Waals surface area contributed by atoms with E-state index in [0.29, 0.717) is 10.4 Å². The number of carbonyl (C=O) groups is 1. The van der Waals surface area contributed by atoms with Gasteiger partial charge in [-0.15, -0.1) is 0 Å². The lowest BCUT2D eigenvalue weighted by Gasteiger charge is -2.12. The number of hydrogen-bond acceptors (Lipinski definition) is 3. The van der Waals surface area contributed by atoms with Crippen LogP contribution in [0.3, 0.4) is 0 Å². The standard InChI is InChI=1S/C8H8O2S/c1-10-7-3-2-6(5-9)4-8(7)11/h2-5,7H,1H3. The minimum absolute atomic E-state index is 0.145. The molecule has 11 heavy (non-hydrogen) atoms. The molecule has 1 aliphatic carbocycles. The van der Waals surface area contributed by atoms with E-state index >= 15 is 0 Å². The molecule has 0 spiro atoms. The number of rotatable bonds is 2. The highest BCUT2D eigenvalue weighted by Gasteiger charge is 2.11. The van der Waals surface area contributed by atoms with Gasteiger partial charge in [-0.2, -0.15) is 0 Å². The minimum Gasteiger partial charge on any atom is -0.372 e. The van der Waals surface area contributed by atoms with Crippen LogP contribution < -0.4 is 0 Å². The SMILES string of the molecule is COC1C=CC(C=O)=CC1=S. The van der Waals surface area contributed by atoms with Gasteiger partial charge in [-0.05, 0) is 12.2 Å². The Morgan fingerprint density at radius 1 is 1.73 bits per heavy atom. The Morgan fingerprint density at radius 3 is 2.91 bits per heavy atom. The molecular formula is C8H8O2S. The second-order valence-corrected chi connectivity index (χ2v) is 2.65. The maximum absolute atomic E-state index is 10.3. The van der Waals surface area contributed by atoms with Crippen molar-refractivity contribution < 1.29 is 9.53 Å². The smallest absolute Gasteiger partial charge is 0.150 e. The minimum atomic E-state index is -0.145. The number of carbonyl (C=O) groups excluding carboxylic acids is 1. The van der Waals surface area contributed by atoms with Crippen LogP contribution in [0.15, 0.2) is 23.8 Å². The summed E-state index contributed by atoms with van der Waals surface area (Å²) in [5.41, 5.74) is 0.600. The van der Waals surface area contributed by atoms with E-state index in [2.05, 4.69) is 0 Å². The fourth-order valence-corrected chi connectivity index (χ4v) is 1.17. The van der Waals surface area contributed by atoms with Crippen LogP contribution in [-0.2, 0) is 9.53 Å². The van der Waals surface area contributed by atoms with Crippen molar-refractivity contribution in [1.29, 1.82) is 0 Å². The molecule has 1 rings (SSSR count). The van der Waals surface area contributed by atoms with Gasteiger partial charge in [-0.3, -0.25) is 4.79 Å². The van der Waals surface area contributed by atoms with Gasteiger partial charge in [0, 0.05) is 17.5 Å². The summed E-state index contributed by atoms with van der Waals surface area (Å²) in [6, 6.07) is 0. The van der Waals surface area contributed by atoms with E-state index in [1.807, 2.05) is 0 Å². The Hall–Kier alpha value is -0.800. The highest BCUT2D eigenvalue weighted by atomic mass is 32.1. The first-order valence-electron chi connectivity index (χ1n) is 3.19. The fraction of sp³-hybridized carbons (Fsp3) is 0.250. The molecule has 0 saturated heterocycles. The summed E-state index contributed by atoms with van der Waals surface area (Å²) in [6.07, 6.45) is 5.75. The molecular weight excluding hydrogens is 160 g/mol. The summed E-state index contributed by atoms with van der Waals surface area (Å²) in [6.45, 7) is 0. The molecule has 1 aliphatic rings. The van der Waals surface area contributed by atoms with Gasteiger partial charge in [0.25, 0.3) is 0 Å². The number of hydrogen-bond donors (Lipinski definition) is 0. The van der Waals surface area contributed by atoms with E-state index in [9.17, 15) is 4.79 Å². The van der Waals surface area contributed by atoms with Crippen LogP contribution >= 0.6 is 12.2 Å². The number of allylic oxidation sites excluding steroid dienone is 2. The molecule has 0 aliphatic heterocycles. The maximum Gasteiger partial charge on any atom is 0.150 e. The first-order chi connectivity index (χ1) is 5.27. The summed E-state index contributed by atoms with van der Waals surface area (Å²) in [5, 5.41) is 0. The van der Waals surface area contributed by atoms with Crippen LogP contribution in [0.1, 0.15) is 0 Å². The summed E-state index contributed by atoms with van der Waals surface area (Å²) < 4.78 is 5.01. The van der Waals surface area contributed by atoms with E-state index in [1.54, 1.807) is 25.3 Å². The molecule has 0 aromatic heterocycles. The quantitative estimate of drug-likeness (QED) is 0.455. The van der Waals surface area contributed by atoms with Crippen molar-refractivity contribution in [3.05, 3.63) is 23.8 Å². The fourth-order valence-electron chi connectivity index (χ4n) is 0.856. The summed E-state index contributed by atoms with van der Waals surface area (Å²) in [5.74, 6) is 0. The van der Waals surface area contributed by atoms with Crippen LogP contribution in [0, 0.1) is 0 Å². The van der Waals surface area contributed by atoms with Crippen molar-refractivity contribution >= 4 is 23.4 Å². The van der Waals surface area contributed by atoms with Gasteiger partial charge < -0.3 is 4.74 Å². The first kappa shape index (κ1) is 8.30. The van der Waals surface area contributed by atoms with Crippen LogP contribution in [-0.4, -0.2) is 24.4 Å². The summed E-state index contributed by atoms with van der Waals surface area (Å²) in [7, 11) is 1.58. The molecule has 0 N–H and O–H groups in total. The third-order valence-corrected chi connectivity index (χ3v) is 1.79. The van der Waals surface area contributed by atoms with Gasteiger partial charge in [0.1, 0.15) is 12.4 Å². The Labute approximate surface area is 70.5 Å². The zero-order valence-electron chi connectivity index (χ0n) is 6.11. The molecule has 58 valence electrons. The lowest BCUT2D eigenvalue weighted by molar-refractivity contribution is -0.104. The number of methoxy groups -OCH3 is 1. The third kappa shape index (κ3) is 1.82. The van der Waals surface area contributed by atoms with Crippen molar-refractivity contribution in [3.63, 3.8) is 0 Å². The Bertz CT molecular complexity index is 240. The van der Waals surface area contributed by atoms with Crippen molar-refractivity contribution in [2.24, 2.45) is 0 Å². The second kappa shape index (κ2) is 3.55. The van der Waals surface area contributed by atoms with Gasteiger partial charge in [0.05, 0.1) is 0 Å². The average molecular weight is 168 g/mol. The molecule has 0 fully saturated rings. The van der Waals surface area contributed by atoms with Gasteiger partial charge in [-0.25, -0.2) is 0 Å². The monoisotopic (exact) mass is 168 g/mol. The highest BCUT2D eigenvalue weighted by molar-refractivity contribution is 7.80. The molecule has 1 atom stereocenters. The number of ether oxygens (including phenoxy) is 1. The Kier molecular flexibility index (Phi) is 2.68. The Morgan fingerprint density at radius 2 is 2.45 bits per heavy atom.